The summed E-state index contributed by atoms with van der Waals surface area (Å²) in [6, 6.07) is 0. The quantitative estimate of drug-likeness (QED) is 0.769. The Morgan fingerprint density at radius 1 is 1.17 bits per heavy atom. The van der Waals surface area contributed by atoms with E-state index in [1.165, 1.54) is 19.3 Å². The highest BCUT2D eigenvalue weighted by Crippen LogP contribution is 2.63. The van der Waals surface area contributed by atoms with E-state index in [0.29, 0.717) is 29.6 Å². The van der Waals surface area contributed by atoms with Gasteiger partial charge in [0.15, 0.2) is 0 Å². The summed E-state index contributed by atoms with van der Waals surface area (Å²) < 4.78 is 14.1. The Morgan fingerprint density at radius 3 is 2.54 bits per heavy atom. The molecule has 0 radical (unpaired) electrons. The lowest BCUT2D eigenvalue weighted by molar-refractivity contribution is -0.115. The number of hydrogen-bond donors (Lipinski definition) is 2. The van der Waals surface area contributed by atoms with Gasteiger partial charge in [-0.1, -0.05) is 26.7 Å². The van der Waals surface area contributed by atoms with Crippen LogP contribution in [0.15, 0.2) is 0 Å². The average Bonchev–Trinajstić information content (AvgIpc) is 2.83. The molecule has 9 unspecified atom stereocenters. The molecule has 2 N–H and O–H groups in total. The van der Waals surface area contributed by atoms with E-state index in [-0.39, 0.29) is 30.2 Å². The van der Waals surface area contributed by atoms with Crippen LogP contribution in [0, 0.1) is 40.9 Å². The average molecular weight is 341 g/mol. The maximum Gasteiger partial charge on any atom is 0.0925 e. The number of halogens is 1. The molecule has 0 heterocycles. The predicted molar refractivity (Wildman–Crippen MR) is 95.3 cm³/mol. The minimum atomic E-state index is -0.253. The van der Waals surface area contributed by atoms with Crippen LogP contribution in [0.4, 0.5) is 4.39 Å². The third kappa shape index (κ3) is 3.05. The normalized spacial score (nSPS) is 49.5. The van der Waals surface area contributed by atoms with Crippen LogP contribution in [-0.4, -0.2) is 29.1 Å². The van der Waals surface area contributed by atoms with Crippen molar-refractivity contribution in [2.24, 2.45) is 40.9 Å². The van der Waals surface area contributed by atoms with Gasteiger partial charge in [-0.15, -0.1) is 0 Å². The van der Waals surface area contributed by atoms with Gasteiger partial charge in [-0.3, -0.25) is 4.39 Å². The molecule has 0 aliphatic heterocycles. The number of alkyl halides is 1. The van der Waals surface area contributed by atoms with Gasteiger partial charge in [0.25, 0.3) is 0 Å². The minimum Gasteiger partial charge on any atom is -0.393 e. The lowest BCUT2D eigenvalue weighted by Gasteiger charge is -2.57. The molecule has 9 atom stereocenters. The summed E-state index contributed by atoms with van der Waals surface area (Å²) in [5.74, 6) is 2.85. The standard InChI is InChI=1S/C21H37FO2/c1-4-5-16-14(10-13(2)23)6-7-17-18-8-9-19(24)21(18,3)11-15(12-22)20(16)17/h13-20,23-24H,4-12H2,1-3H3. The van der Waals surface area contributed by atoms with Crippen LogP contribution in [0.3, 0.4) is 0 Å². The summed E-state index contributed by atoms with van der Waals surface area (Å²) in [6.45, 7) is 6.12. The maximum absolute atomic E-state index is 14.1. The molecule has 3 aliphatic rings. The van der Waals surface area contributed by atoms with Crippen LogP contribution in [0.2, 0.25) is 0 Å². The van der Waals surface area contributed by atoms with Crippen molar-refractivity contribution in [2.75, 3.05) is 6.67 Å². The van der Waals surface area contributed by atoms with Crippen molar-refractivity contribution < 1.29 is 14.6 Å². The molecule has 0 aromatic heterocycles. The van der Waals surface area contributed by atoms with Gasteiger partial charge in [-0.05, 0) is 86.4 Å². The monoisotopic (exact) mass is 340 g/mol. The Bertz CT molecular complexity index is 426. The summed E-state index contributed by atoms with van der Waals surface area (Å²) >= 11 is 0. The number of hydrogen-bond acceptors (Lipinski definition) is 2. The van der Waals surface area contributed by atoms with E-state index >= 15 is 0 Å². The summed E-state index contributed by atoms with van der Waals surface area (Å²) in [4.78, 5) is 0. The highest BCUT2D eigenvalue weighted by Gasteiger charge is 2.59. The van der Waals surface area contributed by atoms with Crippen molar-refractivity contribution in [1.82, 2.24) is 0 Å². The first-order valence-corrected chi connectivity index (χ1v) is 10.3. The molecule has 3 heteroatoms. The molecule has 3 saturated carbocycles. The second-order valence-electron chi connectivity index (χ2n) is 9.44. The molecular formula is C21H37FO2. The Balaban J connectivity index is 1.89. The Hall–Kier alpha value is -0.150. The fourth-order valence-electron chi connectivity index (χ4n) is 7.20. The number of rotatable bonds is 5. The van der Waals surface area contributed by atoms with Crippen molar-refractivity contribution in [3.8, 4) is 0 Å². The molecule has 0 aromatic carbocycles. The number of fused-ring (bicyclic) bond motifs is 3. The second kappa shape index (κ2) is 7.23. The molecule has 0 saturated heterocycles. The zero-order valence-electron chi connectivity index (χ0n) is 15.8. The Morgan fingerprint density at radius 2 is 1.92 bits per heavy atom. The highest BCUT2D eigenvalue weighted by molar-refractivity contribution is 5.08. The van der Waals surface area contributed by atoms with E-state index in [9.17, 15) is 14.6 Å². The van der Waals surface area contributed by atoms with Crippen LogP contribution in [0.1, 0.15) is 72.1 Å². The maximum atomic E-state index is 14.1. The van der Waals surface area contributed by atoms with Crippen LogP contribution >= 0.6 is 0 Å². The number of aliphatic hydroxyl groups is 2. The van der Waals surface area contributed by atoms with E-state index < -0.39 is 0 Å². The van der Waals surface area contributed by atoms with Gasteiger partial charge in [-0.25, -0.2) is 0 Å². The number of aliphatic hydroxyl groups excluding tert-OH is 2. The van der Waals surface area contributed by atoms with Crippen LogP contribution in [0.25, 0.3) is 0 Å². The highest BCUT2D eigenvalue weighted by atomic mass is 19.1. The molecule has 0 aromatic rings. The van der Waals surface area contributed by atoms with Gasteiger partial charge < -0.3 is 10.2 Å². The molecule has 2 nitrogen and oxygen atoms in total. The molecule has 3 rings (SSSR count). The van der Waals surface area contributed by atoms with Crippen molar-refractivity contribution in [3.63, 3.8) is 0 Å². The first-order valence-electron chi connectivity index (χ1n) is 10.3. The van der Waals surface area contributed by atoms with Gasteiger partial charge in [-0.2, -0.15) is 0 Å². The smallest absolute Gasteiger partial charge is 0.0925 e. The van der Waals surface area contributed by atoms with Crippen molar-refractivity contribution in [3.05, 3.63) is 0 Å². The van der Waals surface area contributed by atoms with E-state index in [1.54, 1.807) is 0 Å². The molecule has 3 aliphatic carbocycles. The molecule has 3 fully saturated rings. The van der Waals surface area contributed by atoms with Crippen LogP contribution < -0.4 is 0 Å². The van der Waals surface area contributed by atoms with E-state index in [2.05, 4.69) is 13.8 Å². The second-order valence-corrected chi connectivity index (χ2v) is 9.44. The molecule has 0 amide bonds. The minimum absolute atomic E-state index is 0.0637. The fraction of sp³-hybridized carbons (Fsp3) is 1.00. The van der Waals surface area contributed by atoms with Gasteiger partial charge in [0.05, 0.1) is 18.9 Å². The predicted octanol–water partition coefficient (Wildman–Crippen LogP) is 4.58. The SMILES string of the molecule is CCCC1C(CC(C)O)CCC2C1C(CF)CC1(C)C(O)CCC21. The summed E-state index contributed by atoms with van der Waals surface area (Å²) in [5, 5.41) is 20.5. The topological polar surface area (TPSA) is 40.5 Å². The third-order valence-corrected chi connectivity index (χ3v) is 8.05. The fourth-order valence-corrected chi connectivity index (χ4v) is 7.20. The van der Waals surface area contributed by atoms with Crippen molar-refractivity contribution in [2.45, 2.75) is 84.3 Å². The molecule has 0 spiro atoms. The van der Waals surface area contributed by atoms with Gasteiger partial charge in [0.2, 0.25) is 0 Å². The summed E-state index contributed by atoms with van der Waals surface area (Å²) in [5.41, 5.74) is -0.0637. The van der Waals surface area contributed by atoms with Crippen molar-refractivity contribution >= 4 is 0 Å². The zero-order valence-corrected chi connectivity index (χ0v) is 15.8. The Labute approximate surface area is 147 Å². The van der Waals surface area contributed by atoms with Crippen molar-refractivity contribution in [1.29, 1.82) is 0 Å². The van der Waals surface area contributed by atoms with E-state index in [4.69, 9.17) is 0 Å². The molecule has 24 heavy (non-hydrogen) atoms. The van der Waals surface area contributed by atoms with Gasteiger partial charge in [0, 0.05) is 0 Å². The van der Waals surface area contributed by atoms with E-state index in [1.807, 2.05) is 6.92 Å². The molecule has 0 bridgehead atoms. The summed E-state index contributed by atoms with van der Waals surface area (Å²) in [7, 11) is 0. The summed E-state index contributed by atoms with van der Waals surface area (Å²) in [6.07, 6.45) is 7.93. The third-order valence-electron chi connectivity index (χ3n) is 8.05. The van der Waals surface area contributed by atoms with Gasteiger partial charge >= 0.3 is 0 Å². The molecular weight excluding hydrogens is 303 g/mol. The lowest BCUT2D eigenvalue weighted by atomic mass is 9.48. The van der Waals surface area contributed by atoms with Crippen LogP contribution in [-0.2, 0) is 0 Å². The Kier molecular flexibility index (Phi) is 5.61. The first kappa shape index (κ1) is 18.6. The zero-order chi connectivity index (χ0) is 17.5. The first-order chi connectivity index (χ1) is 11.4. The largest absolute Gasteiger partial charge is 0.393 e. The van der Waals surface area contributed by atoms with E-state index in [0.717, 1.165) is 32.1 Å². The molecule has 140 valence electrons. The van der Waals surface area contributed by atoms with Gasteiger partial charge in [0.1, 0.15) is 0 Å². The van der Waals surface area contributed by atoms with Crippen LogP contribution in [0.5, 0.6) is 0 Å². The lowest BCUT2D eigenvalue weighted by Crippen LogP contribution is -2.53.